The van der Waals surface area contributed by atoms with Crippen molar-refractivity contribution in [2.75, 3.05) is 24.2 Å². The third-order valence-electron chi connectivity index (χ3n) is 7.09. The zero-order chi connectivity index (χ0) is 28.3. The molecule has 1 saturated heterocycles. The van der Waals surface area contributed by atoms with Crippen LogP contribution in [0.4, 0.5) is 10.3 Å². The van der Waals surface area contributed by atoms with Gasteiger partial charge in [-0.1, -0.05) is 26.0 Å². The summed E-state index contributed by atoms with van der Waals surface area (Å²) in [5, 5.41) is 7.98. The number of sulfone groups is 1. The molecule has 3 heterocycles. The fraction of sp³-hybridized carbons (Fsp3) is 0.367. The summed E-state index contributed by atoms with van der Waals surface area (Å²) in [5.74, 6) is 1.00. The molecule has 1 aliphatic rings. The lowest BCUT2D eigenvalue weighted by atomic mass is 9.98. The number of aromatic nitrogens is 3. The molecule has 210 valence electrons. The van der Waals surface area contributed by atoms with Gasteiger partial charge in [-0.05, 0) is 73.5 Å². The van der Waals surface area contributed by atoms with Crippen LogP contribution < -0.4 is 15.4 Å². The second-order valence-electron chi connectivity index (χ2n) is 10.5. The van der Waals surface area contributed by atoms with E-state index in [2.05, 4.69) is 27.5 Å². The average molecular weight is 564 g/mol. The van der Waals surface area contributed by atoms with E-state index in [-0.39, 0.29) is 23.1 Å². The number of ether oxygens (including phenoxy) is 1. The second-order valence-corrected chi connectivity index (χ2v) is 12.7. The Morgan fingerprint density at radius 2 is 1.90 bits per heavy atom. The van der Waals surface area contributed by atoms with Crippen LogP contribution in [-0.4, -0.2) is 48.3 Å². The molecule has 10 heteroatoms. The number of benzene rings is 2. The van der Waals surface area contributed by atoms with Gasteiger partial charge in [0.05, 0.1) is 22.8 Å². The van der Waals surface area contributed by atoms with Gasteiger partial charge in [0.25, 0.3) is 0 Å². The highest BCUT2D eigenvalue weighted by molar-refractivity contribution is 7.90. The molecule has 2 aromatic heterocycles. The van der Waals surface area contributed by atoms with Crippen LogP contribution in [0.3, 0.4) is 0 Å². The number of fused-ring (bicyclic) bond motifs is 1. The number of pyridine rings is 1. The minimum atomic E-state index is -3.46. The van der Waals surface area contributed by atoms with Crippen molar-refractivity contribution in [3.05, 3.63) is 71.8 Å². The molecule has 0 saturated carbocycles. The molecule has 8 nitrogen and oxygen atoms in total. The van der Waals surface area contributed by atoms with Gasteiger partial charge in [0, 0.05) is 35.9 Å². The van der Waals surface area contributed by atoms with Crippen molar-refractivity contribution < 1.29 is 17.5 Å². The zero-order valence-corrected chi connectivity index (χ0v) is 23.8. The van der Waals surface area contributed by atoms with Gasteiger partial charge in [-0.2, -0.15) is 0 Å². The van der Waals surface area contributed by atoms with E-state index >= 15 is 0 Å². The molecule has 2 N–H and O–H groups in total. The molecule has 0 radical (unpaired) electrons. The number of hydrogen-bond donors (Lipinski definition) is 2. The van der Waals surface area contributed by atoms with Crippen molar-refractivity contribution in [3.63, 3.8) is 0 Å². The van der Waals surface area contributed by atoms with Gasteiger partial charge >= 0.3 is 0 Å². The Hall–Kier alpha value is -3.63. The monoisotopic (exact) mass is 563 g/mol. The van der Waals surface area contributed by atoms with Gasteiger partial charge in [0.15, 0.2) is 9.84 Å². The second kappa shape index (κ2) is 11.9. The van der Waals surface area contributed by atoms with Crippen LogP contribution >= 0.6 is 0 Å². The lowest BCUT2D eigenvalue weighted by Crippen LogP contribution is -2.42. The lowest BCUT2D eigenvalue weighted by Gasteiger charge is -2.28. The summed E-state index contributed by atoms with van der Waals surface area (Å²) in [6.45, 7) is 7.75. The molecule has 1 aliphatic heterocycles. The molecule has 0 unspecified atom stereocenters. The number of halogens is 1. The van der Waals surface area contributed by atoms with Crippen LogP contribution in [0.5, 0.6) is 11.6 Å². The first-order valence-corrected chi connectivity index (χ1v) is 15.4. The van der Waals surface area contributed by atoms with Gasteiger partial charge in [-0.25, -0.2) is 27.8 Å². The number of aryl methyl sites for hydroxylation is 1. The van der Waals surface area contributed by atoms with E-state index in [1.54, 1.807) is 37.5 Å². The predicted octanol–water partition coefficient (Wildman–Crippen LogP) is 5.67. The first-order chi connectivity index (χ1) is 19.2. The molecular formula is C30H34FN5O3S. The summed E-state index contributed by atoms with van der Waals surface area (Å²) in [6.07, 6.45) is 4.85. The Labute approximate surface area is 234 Å². The number of nitrogens with zero attached hydrogens (tertiary/aromatic N) is 3. The summed E-state index contributed by atoms with van der Waals surface area (Å²) < 4.78 is 46.5. The first kappa shape index (κ1) is 27.9. The van der Waals surface area contributed by atoms with E-state index in [0.29, 0.717) is 51.9 Å². The van der Waals surface area contributed by atoms with Crippen LogP contribution in [0, 0.1) is 18.7 Å². The minimum absolute atomic E-state index is 0.00139. The van der Waals surface area contributed by atoms with Crippen LogP contribution in [0.2, 0.25) is 0 Å². The maximum Gasteiger partial charge on any atom is 0.228 e. The largest absolute Gasteiger partial charge is 0.437 e. The molecule has 40 heavy (non-hydrogen) atoms. The summed E-state index contributed by atoms with van der Waals surface area (Å²) >= 11 is 0. The van der Waals surface area contributed by atoms with Gasteiger partial charge in [0.1, 0.15) is 11.6 Å². The summed E-state index contributed by atoms with van der Waals surface area (Å²) in [6, 6.07) is 12.2. The van der Waals surface area contributed by atoms with Crippen molar-refractivity contribution in [1.29, 1.82) is 0 Å². The van der Waals surface area contributed by atoms with Gasteiger partial charge in [-0.3, -0.25) is 0 Å². The Kier molecular flexibility index (Phi) is 8.27. The highest BCUT2D eigenvalue weighted by Gasteiger charge is 2.22. The van der Waals surface area contributed by atoms with Crippen LogP contribution in [0.1, 0.15) is 37.8 Å². The van der Waals surface area contributed by atoms with Crippen molar-refractivity contribution in [3.8, 4) is 22.9 Å². The molecule has 1 fully saturated rings. The normalized spacial score (nSPS) is 17.6. The highest BCUT2D eigenvalue weighted by atomic mass is 32.2. The smallest absolute Gasteiger partial charge is 0.228 e. The molecular weight excluding hydrogens is 529 g/mol. The minimum Gasteiger partial charge on any atom is -0.437 e. The average Bonchev–Trinajstić information content (AvgIpc) is 2.92. The summed E-state index contributed by atoms with van der Waals surface area (Å²) in [4.78, 5) is 13.7. The van der Waals surface area contributed by atoms with Crippen LogP contribution in [0.15, 0.2) is 54.9 Å². The van der Waals surface area contributed by atoms with E-state index in [4.69, 9.17) is 9.72 Å². The van der Waals surface area contributed by atoms with Crippen LogP contribution in [0.25, 0.3) is 22.0 Å². The molecule has 0 aliphatic carbocycles. The number of rotatable bonds is 9. The SMILES string of the molecule is CCCS(=O)(=O)Cc1c(F)ccc2c(Oc3ncccc3-c3ccnc(N[C@@H]4CNC[C@H](C)C4)n3)c(C)ccc12. The predicted molar refractivity (Wildman–Crippen MR) is 156 cm³/mol. The molecule has 5 rings (SSSR count). The first-order valence-electron chi connectivity index (χ1n) is 13.6. The quantitative estimate of drug-likeness (QED) is 0.269. The third kappa shape index (κ3) is 6.23. The fourth-order valence-electron chi connectivity index (χ4n) is 5.20. The van der Waals surface area contributed by atoms with E-state index in [1.807, 2.05) is 25.1 Å². The van der Waals surface area contributed by atoms with Crippen molar-refractivity contribution >= 4 is 26.6 Å². The highest BCUT2D eigenvalue weighted by Crippen LogP contribution is 2.38. The van der Waals surface area contributed by atoms with Crippen molar-refractivity contribution in [1.82, 2.24) is 20.3 Å². The zero-order valence-electron chi connectivity index (χ0n) is 22.9. The Balaban J connectivity index is 1.50. The van der Waals surface area contributed by atoms with E-state index in [9.17, 15) is 12.8 Å². The lowest BCUT2D eigenvalue weighted by molar-refractivity contribution is 0.377. The maximum atomic E-state index is 14.9. The molecule has 0 spiro atoms. The van der Waals surface area contributed by atoms with E-state index < -0.39 is 15.7 Å². The molecule has 2 aromatic carbocycles. The van der Waals surface area contributed by atoms with Crippen molar-refractivity contribution in [2.45, 2.75) is 45.4 Å². The topological polar surface area (TPSA) is 106 Å². The standard InChI is InChI=1S/C30H34FN5O3S/c1-4-14-40(37,38)18-25-22-8-7-20(3)28(23(22)9-10-26(25)31)39-29-24(6-5-12-33-29)27-11-13-34-30(36-27)35-21-15-19(2)16-32-17-21/h5-13,19,21,32H,4,14-18H2,1-3H3,(H,34,35,36)/t19-,21+/m1/s1. The fourth-order valence-corrected chi connectivity index (χ4v) is 6.70. The number of hydrogen-bond acceptors (Lipinski definition) is 8. The molecule has 0 bridgehead atoms. The maximum absolute atomic E-state index is 14.9. The molecule has 2 atom stereocenters. The van der Waals surface area contributed by atoms with Gasteiger partial charge < -0.3 is 15.4 Å². The number of piperidine rings is 1. The summed E-state index contributed by atoms with van der Waals surface area (Å²) in [5.41, 5.74) is 2.28. The van der Waals surface area contributed by atoms with E-state index in [0.717, 1.165) is 25.1 Å². The van der Waals surface area contributed by atoms with Gasteiger partial charge in [0.2, 0.25) is 11.8 Å². The van der Waals surface area contributed by atoms with E-state index in [1.165, 1.54) is 6.07 Å². The Morgan fingerprint density at radius 1 is 1.07 bits per heavy atom. The Morgan fingerprint density at radius 3 is 2.70 bits per heavy atom. The van der Waals surface area contributed by atoms with Crippen molar-refractivity contribution in [2.24, 2.45) is 5.92 Å². The number of anilines is 1. The Bertz CT molecular complexity index is 1630. The third-order valence-corrected chi connectivity index (χ3v) is 8.85. The summed E-state index contributed by atoms with van der Waals surface area (Å²) in [7, 11) is -3.46. The number of nitrogens with one attached hydrogen (secondary N) is 2. The molecule has 4 aromatic rings. The molecule has 0 amide bonds. The van der Waals surface area contributed by atoms with Crippen LogP contribution in [-0.2, 0) is 15.6 Å². The van der Waals surface area contributed by atoms with Gasteiger partial charge in [-0.15, -0.1) is 0 Å².